The molecule has 2 rings (SSSR count). The van der Waals surface area contributed by atoms with Crippen molar-refractivity contribution in [3.05, 3.63) is 48.8 Å². The van der Waals surface area contributed by atoms with Gasteiger partial charge in [0.1, 0.15) is 0 Å². The van der Waals surface area contributed by atoms with Crippen LogP contribution in [0.1, 0.15) is 22.3 Å². The maximum Gasteiger partial charge on any atom is 0.274 e. The molecule has 1 aromatic carbocycles. The molecule has 0 fully saturated rings. The second-order valence-corrected chi connectivity index (χ2v) is 5.89. The van der Waals surface area contributed by atoms with E-state index in [0.29, 0.717) is 21.9 Å². The molecule has 106 valence electrons. The lowest BCUT2D eigenvalue weighted by Gasteiger charge is -2.12. The third-order valence-electron chi connectivity index (χ3n) is 3.26. The number of benzene rings is 1. The van der Waals surface area contributed by atoms with Crippen molar-refractivity contribution >= 4 is 28.6 Å². The minimum absolute atomic E-state index is 0.0129. The molecular formula is C14H14ClNO3S. The highest BCUT2D eigenvalue weighted by atomic mass is 35.5. The van der Waals surface area contributed by atoms with Gasteiger partial charge in [0.15, 0.2) is 10.8 Å². The number of nitro groups is 1. The Morgan fingerprint density at radius 2 is 1.85 bits per heavy atom. The van der Waals surface area contributed by atoms with Gasteiger partial charge in [-0.25, -0.2) is 0 Å². The molecule has 0 bridgehead atoms. The summed E-state index contributed by atoms with van der Waals surface area (Å²) in [5.41, 5.74) is 3.29. The number of halogens is 1. The van der Waals surface area contributed by atoms with Crippen molar-refractivity contribution < 1.29 is 9.66 Å². The Kier molecular flexibility index (Phi) is 4.01. The molecule has 0 radical (unpaired) electrons. The van der Waals surface area contributed by atoms with E-state index in [1.54, 1.807) is 13.8 Å². The number of hydrogen-bond donors (Lipinski definition) is 0. The lowest BCUT2D eigenvalue weighted by atomic mass is 10.1. The highest BCUT2D eigenvalue weighted by molar-refractivity contribution is 7.12. The average Bonchev–Trinajstić information content (AvgIpc) is 2.70. The van der Waals surface area contributed by atoms with Crippen LogP contribution in [0.25, 0.3) is 0 Å². The van der Waals surface area contributed by atoms with Gasteiger partial charge in [-0.15, -0.1) is 11.3 Å². The molecule has 0 N–H and O–H groups in total. The van der Waals surface area contributed by atoms with Crippen molar-refractivity contribution in [2.24, 2.45) is 0 Å². The normalized spacial score (nSPS) is 10.7. The van der Waals surface area contributed by atoms with Crippen LogP contribution in [0.15, 0.2) is 11.4 Å². The summed E-state index contributed by atoms with van der Waals surface area (Å²) in [5.74, 6) is 0.486. The quantitative estimate of drug-likeness (QED) is 0.568. The molecule has 0 aliphatic heterocycles. The summed E-state index contributed by atoms with van der Waals surface area (Å²) >= 11 is 7.72. The largest absolute Gasteiger partial charge is 0.445 e. The highest BCUT2D eigenvalue weighted by Crippen LogP contribution is 2.42. The topological polar surface area (TPSA) is 52.4 Å². The lowest BCUT2D eigenvalue weighted by molar-refractivity contribution is -0.385. The maximum atomic E-state index is 11.0. The van der Waals surface area contributed by atoms with Gasteiger partial charge in [-0.05, 0) is 38.6 Å². The SMILES string of the molecule is Cc1csc(Oc2c(C)cc([N+](=O)[O-])c(C)c2Cl)c1C. The fourth-order valence-electron chi connectivity index (χ4n) is 1.82. The Bertz CT molecular complexity index is 694. The van der Waals surface area contributed by atoms with Gasteiger partial charge in [-0.2, -0.15) is 0 Å². The summed E-state index contributed by atoms with van der Waals surface area (Å²) in [6, 6.07) is 1.49. The Labute approximate surface area is 126 Å². The first kappa shape index (κ1) is 14.8. The third-order valence-corrected chi connectivity index (χ3v) is 4.79. The molecule has 1 aromatic heterocycles. The molecule has 6 heteroatoms. The molecule has 20 heavy (non-hydrogen) atoms. The number of aryl methyl sites for hydroxylation is 2. The molecule has 0 saturated heterocycles. The molecule has 0 saturated carbocycles. The van der Waals surface area contributed by atoms with Gasteiger partial charge < -0.3 is 4.74 Å². The fourth-order valence-corrected chi connectivity index (χ4v) is 3.04. The van der Waals surface area contributed by atoms with E-state index in [2.05, 4.69) is 0 Å². The molecule has 0 atom stereocenters. The van der Waals surface area contributed by atoms with Crippen LogP contribution < -0.4 is 4.74 Å². The van der Waals surface area contributed by atoms with Crippen molar-refractivity contribution in [1.29, 1.82) is 0 Å². The van der Waals surface area contributed by atoms with Gasteiger partial charge in [0, 0.05) is 22.8 Å². The van der Waals surface area contributed by atoms with Crippen LogP contribution in [-0.4, -0.2) is 4.92 Å². The van der Waals surface area contributed by atoms with Crippen LogP contribution >= 0.6 is 22.9 Å². The summed E-state index contributed by atoms with van der Waals surface area (Å²) in [5, 5.41) is 14.0. The maximum absolute atomic E-state index is 11.0. The number of hydrogen-bond acceptors (Lipinski definition) is 4. The van der Waals surface area contributed by atoms with Crippen molar-refractivity contribution in [2.45, 2.75) is 27.7 Å². The zero-order valence-corrected chi connectivity index (χ0v) is 13.2. The van der Waals surface area contributed by atoms with E-state index in [0.717, 1.165) is 16.2 Å². The van der Waals surface area contributed by atoms with Crippen LogP contribution in [0.4, 0.5) is 5.69 Å². The molecule has 2 aromatic rings. The van der Waals surface area contributed by atoms with Gasteiger partial charge in [0.05, 0.1) is 9.95 Å². The van der Waals surface area contributed by atoms with E-state index in [1.165, 1.54) is 17.4 Å². The van der Waals surface area contributed by atoms with E-state index >= 15 is 0 Å². The zero-order chi connectivity index (χ0) is 15.0. The predicted molar refractivity (Wildman–Crippen MR) is 81.4 cm³/mol. The average molecular weight is 312 g/mol. The van der Waals surface area contributed by atoms with E-state index in [4.69, 9.17) is 16.3 Å². The zero-order valence-electron chi connectivity index (χ0n) is 11.6. The van der Waals surface area contributed by atoms with Crippen LogP contribution in [-0.2, 0) is 0 Å². The summed E-state index contributed by atoms with van der Waals surface area (Å²) in [6.07, 6.45) is 0. The first-order valence-corrected chi connectivity index (χ1v) is 7.25. The first-order chi connectivity index (χ1) is 9.32. The number of nitrogens with zero attached hydrogens (tertiary/aromatic N) is 1. The van der Waals surface area contributed by atoms with Crippen LogP contribution in [0.5, 0.6) is 10.8 Å². The minimum atomic E-state index is -0.432. The molecule has 0 aliphatic rings. The van der Waals surface area contributed by atoms with Gasteiger partial charge in [0.2, 0.25) is 0 Å². The molecule has 1 heterocycles. The van der Waals surface area contributed by atoms with E-state index < -0.39 is 4.92 Å². The first-order valence-electron chi connectivity index (χ1n) is 5.99. The number of thiophene rings is 1. The Balaban J connectivity index is 2.50. The summed E-state index contributed by atoms with van der Waals surface area (Å²) in [6.45, 7) is 7.36. The fraction of sp³-hybridized carbons (Fsp3) is 0.286. The second kappa shape index (κ2) is 5.42. The molecule has 4 nitrogen and oxygen atoms in total. The minimum Gasteiger partial charge on any atom is -0.445 e. The highest BCUT2D eigenvalue weighted by Gasteiger charge is 2.21. The number of nitro benzene ring substituents is 1. The van der Waals surface area contributed by atoms with Gasteiger partial charge in [-0.3, -0.25) is 10.1 Å². The lowest BCUT2D eigenvalue weighted by Crippen LogP contribution is -1.97. The summed E-state index contributed by atoms with van der Waals surface area (Å²) in [4.78, 5) is 10.5. The van der Waals surface area contributed by atoms with Gasteiger partial charge >= 0.3 is 0 Å². The molecular weight excluding hydrogens is 298 g/mol. The van der Waals surface area contributed by atoms with E-state index in [9.17, 15) is 10.1 Å². The Morgan fingerprint density at radius 1 is 1.20 bits per heavy atom. The number of rotatable bonds is 3. The molecule has 0 spiro atoms. The van der Waals surface area contributed by atoms with Crippen LogP contribution in [0.3, 0.4) is 0 Å². The summed E-state index contributed by atoms with van der Waals surface area (Å²) in [7, 11) is 0. The third kappa shape index (κ3) is 2.51. The van der Waals surface area contributed by atoms with Crippen LogP contribution in [0.2, 0.25) is 5.02 Å². The predicted octanol–water partition coefficient (Wildman–Crippen LogP) is 5.34. The van der Waals surface area contributed by atoms with Crippen molar-refractivity contribution in [2.75, 3.05) is 0 Å². The smallest absolute Gasteiger partial charge is 0.274 e. The second-order valence-electron chi connectivity index (χ2n) is 4.67. The van der Waals surface area contributed by atoms with Gasteiger partial charge in [-0.1, -0.05) is 11.6 Å². The summed E-state index contributed by atoms with van der Waals surface area (Å²) < 4.78 is 5.87. The Morgan fingerprint density at radius 3 is 2.35 bits per heavy atom. The van der Waals surface area contributed by atoms with Crippen molar-refractivity contribution in [3.8, 4) is 10.8 Å². The van der Waals surface area contributed by atoms with E-state index in [1.807, 2.05) is 19.2 Å². The van der Waals surface area contributed by atoms with Crippen LogP contribution in [0, 0.1) is 37.8 Å². The van der Waals surface area contributed by atoms with Crippen molar-refractivity contribution in [3.63, 3.8) is 0 Å². The molecule has 0 unspecified atom stereocenters. The van der Waals surface area contributed by atoms with Gasteiger partial charge in [0.25, 0.3) is 5.69 Å². The Hall–Kier alpha value is -1.59. The molecule has 0 aliphatic carbocycles. The number of ether oxygens (including phenoxy) is 1. The van der Waals surface area contributed by atoms with Crippen molar-refractivity contribution in [1.82, 2.24) is 0 Å². The standard InChI is InChI=1S/C14H14ClNO3S/c1-7-5-11(16(17)18)10(4)12(15)13(7)19-14-9(3)8(2)6-20-14/h5-6H,1-4H3. The monoisotopic (exact) mass is 311 g/mol. The molecule has 0 amide bonds. The van der Waals surface area contributed by atoms with E-state index in [-0.39, 0.29) is 5.69 Å².